The van der Waals surface area contributed by atoms with Crippen molar-refractivity contribution in [3.63, 3.8) is 0 Å². The van der Waals surface area contributed by atoms with Crippen molar-refractivity contribution in [2.45, 2.75) is 66.8 Å². The minimum atomic E-state index is -2.12. The average Bonchev–Trinajstić information content (AvgIpc) is 3.15. The second-order valence-electron chi connectivity index (χ2n) is 9.87. The molecule has 0 fully saturated rings. The molecule has 13 nitrogen and oxygen atoms in total. The molecule has 0 aliphatic rings. The van der Waals surface area contributed by atoms with Gasteiger partial charge in [0.25, 0.3) is 0 Å². The molecule has 2 atom stereocenters. The van der Waals surface area contributed by atoms with E-state index in [2.05, 4.69) is 15.0 Å². The number of carbonyl (C=O) groups excluding carboxylic acids is 2. The second-order valence-corrected chi connectivity index (χ2v) is 10.8. The molecule has 14 heteroatoms. The van der Waals surface area contributed by atoms with Gasteiger partial charge in [0.05, 0.1) is 29.8 Å². The third-order valence-corrected chi connectivity index (χ3v) is 5.28. The highest BCUT2D eigenvalue weighted by Gasteiger charge is 2.37. The van der Waals surface area contributed by atoms with Crippen LogP contribution in [0.15, 0.2) is 12.7 Å². The fraction of sp³-hybridized carbons (Fsp3) is 0.667. The molecule has 0 amide bonds. The molecule has 2 rings (SSSR count). The van der Waals surface area contributed by atoms with Crippen molar-refractivity contribution in [1.82, 2.24) is 19.5 Å². The van der Waals surface area contributed by atoms with Crippen molar-refractivity contribution in [2.75, 3.05) is 19.3 Å². The molecule has 2 N–H and O–H groups in total. The summed E-state index contributed by atoms with van der Waals surface area (Å²) in [5, 5.41) is 0. The van der Waals surface area contributed by atoms with Gasteiger partial charge in [0.2, 0.25) is 0 Å². The van der Waals surface area contributed by atoms with Crippen LogP contribution in [0.1, 0.15) is 48.5 Å². The van der Waals surface area contributed by atoms with Gasteiger partial charge in [0.15, 0.2) is 33.5 Å². The normalized spacial score (nSPS) is 13.9. The molecule has 0 spiro atoms. The number of esters is 2. The highest BCUT2D eigenvalue weighted by molar-refractivity contribution is 7.25. The van der Waals surface area contributed by atoms with Gasteiger partial charge < -0.3 is 29.1 Å². The SMILES string of the molecule is C[C@H](Cn1cnc2c(N)ncnc21)OC(OCOC(=O)C(C)(C)C)(OCOC(=O)C(C)(C)C)[PH2]=O. The summed E-state index contributed by atoms with van der Waals surface area (Å²) in [6.07, 6.45) is 2.16. The van der Waals surface area contributed by atoms with E-state index < -0.39 is 56.6 Å². The molecule has 0 bridgehead atoms. The predicted octanol–water partition coefficient (Wildman–Crippen LogP) is 2.31. The van der Waals surface area contributed by atoms with Crippen LogP contribution in [0.3, 0.4) is 0 Å². The zero-order valence-corrected chi connectivity index (χ0v) is 22.2. The molecule has 2 aromatic heterocycles. The van der Waals surface area contributed by atoms with Crippen LogP contribution >= 0.6 is 8.46 Å². The van der Waals surface area contributed by atoms with Gasteiger partial charge in [-0.25, -0.2) is 15.0 Å². The number of nitrogens with two attached hydrogens (primary N) is 1. The molecule has 35 heavy (non-hydrogen) atoms. The van der Waals surface area contributed by atoms with Gasteiger partial charge in [0, 0.05) is 0 Å². The number of fused-ring (bicyclic) bond motifs is 1. The molecule has 0 aliphatic carbocycles. The van der Waals surface area contributed by atoms with Gasteiger partial charge in [0.1, 0.15) is 11.8 Å². The van der Waals surface area contributed by atoms with Crippen molar-refractivity contribution in [1.29, 1.82) is 0 Å². The van der Waals surface area contributed by atoms with Crippen molar-refractivity contribution in [3.05, 3.63) is 12.7 Å². The smallest absolute Gasteiger partial charge is 0.337 e. The number of imidazole rings is 1. The van der Waals surface area contributed by atoms with E-state index in [0.717, 1.165) is 0 Å². The zero-order valence-electron chi connectivity index (χ0n) is 21.1. The van der Waals surface area contributed by atoms with Crippen molar-refractivity contribution >= 4 is 37.4 Å². The Morgan fingerprint density at radius 1 is 1.00 bits per heavy atom. The standard InChI is InChI=1S/C21H34N5O8P/c1-13(8-26-10-25-14-15(22)23-9-24-16(14)26)34-21(35-29,32-11-30-17(27)19(2,3)4)33-12-31-18(28)20(5,6)7/h9-10,13H,8,11-12,35H2,1-7H3,(H2,22,23,24)/t13-/m1/s1. The summed E-state index contributed by atoms with van der Waals surface area (Å²) in [5.41, 5.74) is 3.05. The summed E-state index contributed by atoms with van der Waals surface area (Å²) < 4.78 is 41.0. The van der Waals surface area contributed by atoms with Crippen LogP contribution in [0.5, 0.6) is 0 Å². The second kappa shape index (κ2) is 11.4. The van der Waals surface area contributed by atoms with E-state index in [1.165, 1.54) is 12.7 Å². The monoisotopic (exact) mass is 515 g/mol. The van der Waals surface area contributed by atoms with Crippen LogP contribution in [0, 0.1) is 10.8 Å². The molecule has 2 aromatic rings. The number of rotatable bonds is 11. The number of nitrogens with zero attached hydrogens (tertiary/aromatic N) is 4. The Labute approximate surface area is 204 Å². The number of hydrogen-bond acceptors (Lipinski definition) is 12. The first kappa shape index (κ1) is 28.6. The van der Waals surface area contributed by atoms with E-state index in [4.69, 9.17) is 29.4 Å². The molecule has 196 valence electrons. The minimum absolute atomic E-state index is 0.199. The minimum Gasteiger partial charge on any atom is -0.438 e. The van der Waals surface area contributed by atoms with E-state index in [9.17, 15) is 14.2 Å². The highest BCUT2D eigenvalue weighted by atomic mass is 31.1. The maximum atomic E-state index is 12.3. The first-order valence-corrected chi connectivity index (χ1v) is 11.9. The molecule has 0 saturated carbocycles. The number of aromatic nitrogens is 4. The molecule has 0 saturated heterocycles. The number of hydrogen-bond donors (Lipinski definition) is 1. The van der Waals surface area contributed by atoms with Crippen LogP contribution in [-0.2, 0) is 44.4 Å². The predicted molar refractivity (Wildman–Crippen MR) is 126 cm³/mol. The number of ether oxygens (including phenoxy) is 5. The van der Waals surface area contributed by atoms with Gasteiger partial charge in [-0.05, 0) is 48.5 Å². The lowest BCUT2D eigenvalue weighted by molar-refractivity contribution is -0.367. The molecule has 1 unspecified atom stereocenters. The highest BCUT2D eigenvalue weighted by Crippen LogP contribution is 2.31. The van der Waals surface area contributed by atoms with E-state index >= 15 is 0 Å². The van der Waals surface area contributed by atoms with Gasteiger partial charge in [-0.2, -0.15) is 0 Å². The lowest BCUT2D eigenvalue weighted by Crippen LogP contribution is -2.40. The number of anilines is 1. The molecule has 2 heterocycles. The van der Waals surface area contributed by atoms with Crippen LogP contribution in [0.2, 0.25) is 0 Å². The average molecular weight is 516 g/mol. The van der Waals surface area contributed by atoms with Crippen LogP contribution in [0.25, 0.3) is 11.2 Å². The molecule has 0 aliphatic heterocycles. The summed E-state index contributed by atoms with van der Waals surface area (Å²) in [6, 6.07) is 0. The van der Waals surface area contributed by atoms with Gasteiger partial charge in [-0.15, -0.1) is 0 Å². The lowest BCUT2D eigenvalue weighted by atomic mass is 9.98. The third-order valence-electron chi connectivity index (χ3n) is 4.52. The molecular formula is C21H34N5O8P. The van der Waals surface area contributed by atoms with Crippen molar-refractivity contribution in [2.24, 2.45) is 10.8 Å². The summed E-state index contributed by atoms with van der Waals surface area (Å²) in [4.78, 5) is 36.4. The number of carbonyl (C=O) groups is 2. The maximum Gasteiger partial charge on any atom is 0.337 e. The van der Waals surface area contributed by atoms with E-state index in [0.29, 0.717) is 11.2 Å². The first-order chi connectivity index (χ1) is 16.2. The summed E-state index contributed by atoms with van der Waals surface area (Å²) in [5.74, 6) is -0.850. The molecule has 0 radical (unpaired) electrons. The van der Waals surface area contributed by atoms with Crippen LogP contribution in [-0.4, -0.2) is 56.9 Å². The third kappa shape index (κ3) is 7.96. The number of nitrogen functional groups attached to an aromatic ring is 1. The Kier molecular flexibility index (Phi) is 9.35. The Balaban J connectivity index is 2.14. The quantitative estimate of drug-likeness (QED) is 0.264. The van der Waals surface area contributed by atoms with Crippen LogP contribution < -0.4 is 5.73 Å². The lowest BCUT2D eigenvalue weighted by Gasteiger charge is -2.31. The molecule has 0 aromatic carbocycles. The van der Waals surface area contributed by atoms with Crippen LogP contribution in [0.4, 0.5) is 5.82 Å². The molecular weight excluding hydrogens is 481 g/mol. The Hall–Kier alpha value is -2.60. The summed E-state index contributed by atoms with van der Waals surface area (Å²) in [6.45, 7) is 10.7. The Bertz CT molecular complexity index is 1010. The van der Waals surface area contributed by atoms with E-state index in [1.54, 1.807) is 53.0 Å². The van der Waals surface area contributed by atoms with Gasteiger partial charge >= 0.3 is 17.7 Å². The van der Waals surface area contributed by atoms with Crippen molar-refractivity contribution in [3.8, 4) is 0 Å². The van der Waals surface area contributed by atoms with Gasteiger partial charge in [-0.3, -0.25) is 19.1 Å². The summed E-state index contributed by atoms with van der Waals surface area (Å²) >= 11 is 0. The Morgan fingerprint density at radius 3 is 2.03 bits per heavy atom. The fourth-order valence-corrected chi connectivity index (χ4v) is 3.16. The maximum absolute atomic E-state index is 12.3. The van der Waals surface area contributed by atoms with Crippen molar-refractivity contribution < 1.29 is 37.8 Å². The largest absolute Gasteiger partial charge is 0.438 e. The zero-order chi connectivity index (χ0) is 26.4. The topological polar surface area (TPSA) is 167 Å². The van der Waals surface area contributed by atoms with E-state index in [-0.39, 0.29) is 12.4 Å². The summed E-state index contributed by atoms with van der Waals surface area (Å²) in [7, 11) is -1.90. The van der Waals surface area contributed by atoms with E-state index in [1.807, 2.05) is 0 Å². The first-order valence-electron chi connectivity index (χ1n) is 10.9. The fourth-order valence-electron chi connectivity index (χ4n) is 2.60. The van der Waals surface area contributed by atoms with Gasteiger partial charge in [-0.1, -0.05) is 0 Å². The Morgan fingerprint density at radius 2 is 1.54 bits per heavy atom.